The normalized spacial score (nSPS) is 11.1. The summed E-state index contributed by atoms with van der Waals surface area (Å²) in [7, 11) is 1.58. The quantitative estimate of drug-likeness (QED) is 0.264. The van der Waals surface area contributed by atoms with Crippen LogP contribution in [-0.2, 0) is 16.8 Å². The molecule has 0 fully saturated rings. The zero-order valence-corrected chi connectivity index (χ0v) is 23.2. The van der Waals surface area contributed by atoms with E-state index in [1.54, 1.807) is 42.1 Å². The topological polar surface area (TPSA) is 88.5 Å². The van der Waals surface area contributed by atoms with Crippen molar-refractivity contribution in [2.45, 2.75) is 32.7 Å². The number of ether oxygens (including phenoxy) is 1. The Hall–Kier alpha value is -4.30. The molecule has 39 heavy (non-hydrogen) atoms. The van der Waals surface area contributed by atoms with Crippen molar-refractivity contribution in [2.24, 2.45) is 0 Å². The second-order valence-electron chi connectivity index (χ2n) is 10.1. The lowest BCUT2D eigenvalue weighted by molar-refractivity contribution is -0.116. The highest BCUT2D eigenvalue weighted by atomic mass is 35.5. The van der Waals surface area contributed by atoms with Gasteiger partial charge in [-0.3, -0.25) is 4.79 Å². The lowest BCUT2D eigenvalue weighted by Crippen LogP contribution is -2.40. The number of hydrogen-bond acceptors (Lipinski definition) is 4. The van der Waals surface area contributed by atoms with Gasteiger partial charge in [0.15, 0.2) is 0 Å². The number of para-hydroxylation sites is 1. The van der Waals surface area contributed by atoms with Crippen LogP contribution >= 0.6 is 11.6 Å². The molecule has 0 aliphatic carbocycles. The van der Waals surface area contributed by atoms with Crippen LogP contribution in [-0.4, -0.2) is 40.3 Å². The van der Waals surface area contributed by atoms with Gasteiger partial charge in [-0.05, 0) is 42.0 Å². The molecular weight excluding hydrogens is 514 g/mol. The molecule has 0 saturated heterocycles. The van der Waals surface area contributed by atoms with Crippen LogP contribution in [0, 0.1) is 0 Å². The first kappa shape index (κ1) is 27.7. The first-order valence-electron chi connectivity index (χ1n) is 12.5. The number of carbonyl (C=O) groups is 2. The molecule has 3 amide bonds. The van der Waals surface area contributed by atoms with Crippen LogP contribution in [0.25, 0.3) is 5.69 Å². The summed E-state index contributed by atoms with van der Waals surface area (Å²) in [5, 5.41) is 11.0. The number of nitrogens with zero attached hydrogens (tertiary/aromatic N) is 3. The van der Waals surface area contributed by atoms with E-state index in [-0.39, 0.29) is 24.4 Å². The molecule has 2 N–H and O–H groups in total. The summed E-state index contributed by atoms with van der Waals surface area (Å²) in [4.78, 5) is 28.1. The number of amides is 3. The third-order valence-electron chi connectivity index (χ3n) is 6.01. The predicted octanol–water partition coefficient (Wildman–Crippen LogP) is 6.50. The minimum atomic E-state index is -0.408. The highest BCUT2D eigenvalue weighted by Gasteiger charge is 2.24. The van der Waals surface area contributed by atoms with E-state index in [1.807, 2.05) is 75.4 Å². The molecular formula is C30H32ClN5O3. The van der Waals surface area contributed by atoms with E-state index in [0.29, 0.717) is 28.0 Å². The maximum absolute atomic E-state index is 13.4. The zero-order chi connectivity index (χ0) is 28.0. The molecule has 9 heteroatoms. The van der Waals surface area contributed by atoms with Crippen LogP contribution in [0.2, 0.25) is 5.02 Å². The van der Waals surface area contributed by atoms with Crippen molar-refractivity contribution in [3.05, 3.63) is 101 Å². The summed E-state index contributed by atoms with van der Waals surface area (Å²) in [5.41, 5.74) is 2.65. The Balaban J connectivity index is 1.58. The third kappa shape index (κ3) is 7.18. The van der Waals surface area contributed by atoms with Crippen LogP contribution in [0.4, 0.5) is 16.3 Å². The van der Waals surface area contributed by atoms with Crippen molar-refractivity contribution in [3.8, 4) is 11.4 Å². The van der Waals surface area contributed by atoms with Crippen LogP contribution < -0.4 is 15.4 Å². The summed E-state index contributed by atoms with van der Waals surface area (Å²) in [5.74, 6) is 0.774. The molecule has 3 aromatic carbocycles. The van der Waals surface area contributed by atoms with E-state index in [4.69, 9.17) is 21.4 Å². The maximum atomic E-state index is 13.4. The van der Waals surface area contributed by atoms with E-state index < -0.39 is 6.03 Å². The molecule has 0 radical (unpaired) electrons. The van der Waals surface area contributed by atoms with Crippen molar-refractivity contribution < 1.29 is 14.3 Å². The summed E-state index contributed by atoms with van der Waals surface area (Å²) in [6, 6.07) is 25.2. The average Bonchev–Trinajstić information content (AvgIpc) is 3.33. The van der Waals surface area contributed by atoms with Crippen molar-refractivity contribution in [1.82, 2.24) is 14.7 Å². The van der Waals surface area contributed by atoms with Crippen LogP contribution in [0.15, 0.2) is 84.9 Å². The number of urea groups is 1. The molecule has 0 aliphatic rings. The Morgan fingerprint density at radius 3 is 2.26 bits per heavy atom. The number of halogens is 1. The van der Waals surface area contributed by atoms with Crippen LogP contribution in [0.5, 0.6) is 5.75 Å². The molecule has 0 aliphatic heterocycles. The molecule has 0 atom stereocenters. The first-order chi connectivity index (χ1) is 18.6. The van der Waals surface area contributed by atoms with Gasteiger partial charge < -0.3 is 20.3 Å². The number of hydrogen-bond donors (Lipinski definition) is 2. The van der Waals surface area contributed by atoms with Crippen molar-refractivity contribution in [3.63, 3.8) is 0 Å². The Labute approximate surface area is 233 Å². The second-order valence-corrected chi connectivity index (χ2v) is 10.5. The molecule has 0 bridgehead atoms. The van der Waals surface area contributed by atoms with E-state index in [1.165, 1.54) is 4.90 Å². The van der Waals surface area contributed by atoms with Crippen molar-refractivity contribution in [2.75, 3.05) is 24.3 Å². The number of aromatic nitrogens is 2. The number of anilines is 2. The van der Waals surface area contributed by atoms with Gasteiger partial charge in [0.05, 0.1) is 23.5 Å². The monoisotopic (exact) mass is 545 g/mol. The minimum absolute atomic E-state index is 0.185. The lowest BCUT2D eigenvalue weighted by atomic mass is 9.92. The molecule has 4 aromatic rings. The molecule has 1 heterocycles. The van der Waals surface area contributed by atoms with Gasteiger partial charge in [0.1, 0.15) is 18.1 Å². The molecule has 1 aromatic heterocycles. The molecule has 8 nitrogen and oxygen atoms in total. The number of benzene rings is 3. The Morgan fingerprint density at radius 2 is 1.62 bits per heavy atom. The highest BCUT2D eigenvalue weighted by Crippen LogP contribution is 2.29. The van der Waals surface area contributed by atoms with Gasteiger partial charge >= 0.3 is 6.03 Å². The Bertz CT molecular complexity index is 1430. The fourth-order valence-electron chi connectivity index (χ4n) is 3.88. The largest absolute Gasteiger partial charge is 0.497 e. The SMILES string of the molecule is COc1ccc(NC(=O)N(CC(=O)Nc2cc(C(C)(C)C)nn2-c2ccccc2Cl)Cc2ccccc2)cc1. The second kappa shape index (κ2) is 12.0. The van der Waals surface area contributed by atoms with Gasteiger partial charge in [0.2, 0.25) is 5.91 Å². The number of rotatable bonds is 8. The fourth-order valence-corrected chi connectivity index (χ4v) is 4.10. The summed E-state index contributed by atoms with van der Waals surface area (Å²) >= 11 is 6.46. The average molecular weight is 546 g/mol. The van der Waals surface area contributed by atoms with E-state index in [9.17, 15) is 9.59 Å². The first-order valence-corrected chi connectivity index (χ1v) is 12.9. The van der Waals surface area contributed by atoms with Gasteiger partial charge in [-0.25, -0.2) is 9.48 Å². The van der Waals surface area contributed by atoms with E-state index in [2.05, 4.69) is 10.6 Å². The predicted molar refractivity (Wildman–Crippen MR) is 155 cm³/mol. The minimum Gasteiger partial charge on any atom is -0.497 e. The Kier molecular flexibility index (Phi) is 8.56. The molecule has 0 spiro atoms. The standard InChI is InChI=1S/C30H32ClN5O3/c1-30(2,3)26-18-27(36(34-26)25-13-9-8-12-24(25)31)33-28(37)20-35(19-21-10-6-5-7-11-21)29(38)32-22-14-16-23(39-4)17-15-22/h5-18H,19-20H2,1-4H3,(H,32,38)(H,33,37). The van der Waals surface area contributed by atoms with Gasteiger partial charge in [-0.1, -0.05) is 74.8 Å². The molecule has 0 saturated carbocycles. The van der Waals surface area contributed by atoms with Crippen LogP contribution in [0.1, 0.15) is 32.0 Å². The maximum Gasteiger partial charge on any atom is 0.322 e. The highest BCUT2D eigenvalue weighted by molar-refractivity contribution is 6.32. The number of methoxy groups -OCH3 is 1. The van der Waals surface area contributed by atoms with Gasteiger partial charge in [0, 0.05) is 23.7 Å². The summed E-state index contributed by atoms with van der Waals surface area (Å²) in [6.45, 7) is 6.19. The number of nitrogens with one attached hydrogen (secondary N) is 2. The van der Waals surface area contributed by atoms with E-state index >= 15 is 0 Å². The van der Waals surface area contributed by atoms with E-state index in [0.717, 1.165) is 11.3 Å². The van der Waals surface area contributed by atoms with Gasteiger partial charge in [0.25, 0.3) is 0 Å². The molecule has 202 valence electrons. The summed E-state index contributed by atoms with van der Waals surface area (Å²) < 4.78 is 6.81. The fraction of sp³-hybridized carbons (Fsp3) is 0.233. The molecule has 4 rings (SSSR count). The van der Waals surface area contributed by atoms with Crippen molar-refractivity contribution in [1.29, 1.82) is 0 Å². The van der Waals surface area contributed by atoms with Gasteiger partial charge in [-0.2, -0.15) is 5.10 Å². The number of carbonyl (C=O) groups excluding carboxylic acids is 2. The van der Waals surface area contributed by atoms with Gasteiger partial charge in [-0.15, -0.1) is 0 Å². The third-order valence-corrected chi connectivity index (χ3v) is 6.32. The lowest BCUT2D eigenvalue weighted by Gasteiger charge is -2.23. The smallest absolute Gasteiger partial charge is 0.322 e. The molecule has 0 unspecified atom stereocenters. The Morgan fingerprint density at radius 1 is 0.949 bits per heavy atom. The van der Waals surface area contributed by atoms with Crippen LogP contribution in [0.3, 0.4) is 0 Å². The summed E-state index contributed by atoms with van der Waals surface area (Å²) in [6.07, 6.45) is 0. The van der Waals surface area contributed by atoms with Crippen molar-refractivity contribution >= 4 is 35.0 Å². The zero-order valence-electron chi connectivity index (χ0n) is 22.4.